The first-order valence-electron chi connectivity index (χ1n) is 10.7. The molecule has 1 aliphatic rings. The summed E-state index contributed by atoms with van der Waals surface area (Å²) in [5.74, 6) is -0.854. The van der Waals surface area contributed by atoms with Gasteiger partial charge in [0.05, 0.1) is 22.3 Å². The van der Waals surface area contributed by atoms with Gasteiger partial charge in [-0.15, -0.1) is 0 Å². The van der Waals surface area contributed by atoms with Gasteiger partial charge in [-0.2, -0.15) is 0 Å². The quantitative estimate of drug-likeness (QED) is 0.249. The maximum Gasteiger partial charge on any atom is 0.330 e. The van der Waals surface area contributed by atoms with Gasteiger partial charge in [0.2, 0.25) is 0 Å². The Balaban J connectivity index is 1.55. The molecule has 172 valence electrons. The molecule has 1 fully saturated rings. The van der Waals surface area contributed by atoms with Crippen LogP contribution >= 0.6 is 11.8 Å². The van der Waals surface area contributed by atoms with Crippen molar-refractivity contribution in [3.05, 3.63) is 90.8 Å². The highest BCUT2D eigenvalue weighted by molar-refractivity contribution is 7.99. The molecule has 9 nitrogen and oxygen atoms in total. The topological polar surface area (TPSA) is 133 Å². The molecule has 3 N–H and O–H groups in total. The summed E-state index contributed by atoms with van der Waals surface area (Å²) in [4.78, 5) is 57.8. The van der Waals surface area contributed by atoms with Crippen LogP contribution in [0.15, 0.2) is 68.1 Å². The number of nitrogens with one attached hydrogen (secondary N) is 1. The van der Waals surface area contributed by atoms with Crippen LogP contribution in [0.5, 0.6) is 0 Å². The van der Waals surface area contributed by atoms with Crippen LogP contribution in [0.4, 0.5) is 5.82 Å². The van der Waals surface area contributed by atoms with Crippen molar-refractivity contribution >= 4 is 34.3 Å². The first-order chi connectivity index (χ1) is 16.3. The summed E-state index contributed by atoms with van der Waals surface area (Å²) in [5.41, 5.74) is 6.30. The minimum atomic E-state index is -0.813. The fourth-order valence-corrected chi connectivity index (χ4v) is 4.75. The van der Waals surface area contributed by atoms with Gasteiger partial charge >= 0.3 is 5.69 Å². The molecule has 10 heteroatoms. The van der Waals surface area contributed by atoms with E-state index in [-0.39, 0.29) is 28.7 Å². The predicted molar refractivity (Wildman–Crippen MR) is 131 cm³/mol. The van der Waals surface area contributed by atoms with Gasteiger partial charge in [-0.3, -0.25) is 28.5 Å². The zero-order valence-electron chi connectivity index (χ0n) is 18.3. The highest BCUT2D eigenvalue weighted by Gasteiger charge is 2.30. The summed E-state index contributed by atoms with van der Waals surface area (Å²) in [6.07, 6.45) is 1.53. The molecule has 0 amide bonds. The molecule has 1 aliphatic carbocycles. The van der Waals surface area contributed by atoms with Crippen LogP contribution < -0.4 is 22.5 Å². The first kappa shape index (κ1) is 21.9. The van der Waals surface area contributed by atoms with E-state index in [2.05, 4.69) is 9.97 Å². The lowest BCUT2D eigenvalue weighted by Gasteiger charge is -2.14. The Hall–Kier alpha value is -3.92. The number of nitrogen functional groups attached to an aromatic ring is 1. The van der Waals surface area contributed by atoms with Gasteiger partial charge in [0.1, 0.15) is 11.4 Å². The van der Waals surface area contributed by atoms with Gasteiger partial charge < -0.3 is 5.73 Å². The van der Waals surface area contributed by atoms with Gasteiger partial charge in [-0.1, -0.05) is 41.6 Å². The second kappa shape index (κ2) is 8.45. The Kier molecular flexibility index (Phi) is 5.45. The van der Waals surface area contributed by atoms with Crippen molar-refractivity contribution < 1.29 is 4.79 Å². The van der Waals surface area contributed by atoms with Crippen LogP contribution in [0.1, 0.15) is 34.8 Å². The average Bonchev–Trinajstić information content (AvgIpc) is 3.63. The summed E-state index contributed by atoms with van der Waals surface area (Å²) in [6.45, 7) is 1.95. The van der Waals surface area contributed by atoms with Gasteiger partial charge in [-0.25, -0.2) is 9.78 Å². The molecular weight excluding hydrogens is 454 g/mol. The molecule has 2 heterocycles. The number of nitrogens with two attached hydrogens (primary N) is 1. The Morgan fingerprint density at radius 2 is 1.82 bits per heavy atom. The number of thioether (sulfide) groups is 1. The molecule has 0 atom stereocenters. The molecule has 0 bridgehead atoms. The van der Waals surface area contributed by atoms with Crippen molar-refractivity contribution in [2.75, 3.05) is 11.5 Å². The van der Waals surface area contributed by atoms with Crippen molar-refractivity contribution in [2.45, 2.75) is 31.0 Å². The number of carbonyl (C=O) groups excluding carboxylic acids is 1. The Bertz CT molecular complexity index is 1610. The smallest absolute Gasteiger partial charge is 0.330 e. The monoisotopic (exact) mass is 475 g/mol. The maximum absolute atomic E-state index is 13.3. The van der Waals surface area contributed by atoms with Gasteiger partial charge in [0, 0.05) is 6.04 Å². The third-order valence-corrected chi connectivity index (χ3v) is 6.68. The summed E-state index contributed by atoms with van der Waals surface area (Å²) in [7, 11) is 0. The molecule has 5 rings (SSSR count). The number of benzene rings is 2. The van der Waals surface area contributed by atoms with Crippen LogP contribution in [0.25, 0.3) is 16.6 Å². The van der Waals surface area contributed by atoms with Crippen LogP contribution in [0, 0.1) is 6.92 Å². The largest absolute Gasteiger partial charge is 0.384 e. The number of para-hydroxylation sites is 1. The standard InChI is InChI=1S/C24H21N5O4S/c1-13-6-8-15(9-7-13)29-22(32)16-4-2-3-5-17(16)26-24(29)34-12-18(30)19-20(25)28(14-10-11-14)23(33)27-21(19)31/h2-9,14H,10-12,25H2,1H3,(H,27,31,33). The number of hydrogen-bond donors (Lipinski definition) is 2. The third kappa shape index (κ3) is 3.86. The number of aryl methyl sites for hydroxylation is 1. The van der Waals surface area contributed by atoms with Crippen molar-refractivity contribution in [1.82, 2.24) is 19.1 Å². The lowest BCUT2D eigenvalue weighted by molar-refractivity contribution is 0.102. The lowest BCUT2D eigenvalue weighted by Crippen LogP contribution is -2.36. The van der Waals surface area contributed by atoms with Gasteiger partial charge in [0.25, 0.3) is 11.1 Å². The van der Waals surface area contributed by atoms with E-state index >= 15 is 0 Å². The van der Waals surface area contributed by atoms with Crippen LogP contribution in [-0.4, -0.2) is 30.6 Å². The Morgan fingerprint density at radius 3 is 2.53 bits per heavy atom. The predicted octanol–water partition coefficient (Wildman–Crippen LogP) is 2.44. The number of Topliss-reactive ketones (excluding diaryl/α,β-unsaturated/α-hetero) is 1. The number of aromatic nitrogens is 4. The number of hydrogen-bond acceptors (Lipinski definition) is 7. The molecule has 0 aliphatic heterocycles. The number of nitrogens with zero attached hydrogens (tertiary/aromatic N) is 3. The zero-order chi connectivity index (χ0) is 24.0. The molecule has 1 saturated carbocycles. The van der Waals surface area contributed by atoms with Crippen molar-refractivity contribution in [3.63, 3.8) is 0 Å². The van der Waals surface area contributed by atoms with Crippen molar-refractivity contribution in [3.8, 4) is 5.69 Å². The number of ketones is 1. The number of carbonyl (C=O) groups is 1. The molecule has 2 aromatic heterocycles. The SMILES string of the molecule is Cc1ccc(-n2c(SCC(=O)c3c(N)n(C4CC4)c(=O)[nH]c3=O)nc3ccccc3c2=O)cc1. The van der Waals surface area contributed by atoms with Crippen molar-refractivity contribution in [1.29, 1.82) is 0 Å². The molecular formula is C24H21N5O4S. The van der Waals surface area contributed by atoms with E-state index in [1.54, 1.807) is 24.3 Å². The van der Waals surface area contributed by atoms with E-state index in [9.17, 15) is 19.2 Å². The highest BCUT2D eigenvalue weighted by Crippen LogP contribution is 2.35. The number of fused-ring (bicyclic) bond motifs is 1. The summed E-state index contributed by atoms with van der Waals surface area (Å²) in [6, 6.07) is 14.3. The summed E-state index contributed by atoms with van der Waals surface area (Å²) >= 11 is 1.04. The number of rotatable bonds is 6. The minimum Gasteiger partial charge on any atom is -0.384 e. The second-order valence-corrected chi connectivity index (χ2v) is 9.16. The van der Waals surface area contributed by atoms with Gasteiger partial charge in [0.15, 0.2) is 10.9 Å². The molecule has 34 heavy (non-hydrogen) atoms. The van der Waals surface area contributed by atoms with Gasteiger partial charge in [-0.05, 0) is 44.0 Å². The van der Waals surface area contributed by atoms with Crippen molar-refractivity contribution in [2.24, 2.45) is 0 Å². The highest BCUT2D eigenvalue weighted by atomic mass is 32.2. The number of anilines is 1. The van der Waals surface area contributed by atoms with Crippen LogP contribution in [-0.2, 0) is 0 Å². The molecule has 0 spiro atoms. The van der Waals surface area contributed by atoms with Crippen LogP contribution in [0.3, 0.4) is 0 Å². The third-order valence-electron chi connectivity index (χ3n) is 5.74. The minimum absolute atomic E-state index is 0.0996. The number of aromatic amines is 1. The Morgan fingerprint density at radius 1 is 1.12 bits per heavy atom. The van der Waals surface area contributed by atoms with E-state index in [0.717, 1.165) is 30.2 Å². The fraction of sp³-hybridized carbons (Fsp3) is 0.208. The molecule has 0 radical (unpaired) electrons. The number of H-pyrrole nitrogens is 1. The zero-order valence-corrected chi connectivity index (χ0v) is 19.1. The van der Waals surface area contributed by atoms with E-state index < -0.39 is 17.0 Å². The molecule has 2 aromatic carbocycles. The average molecular weight is 476 g/mol. The van der Waals surface area contributed by atoms with E-state index in [1.165, 1.54) is 9.13 Å². The fourth-order valence-electron chi connectivity index (χ4n) is 3.86. The Labute approximate surface area is 197 Å². The first-order valence-corrected chi connectivity index (χ1v) is 11.7. The van der Waals surface area contributed by atoms with E-state index in [1.807, 2.05) is 31.2 Å². The van der Waals surface area contributed by atoms with E-state index in [4.69, 9.17) is 5.73 Å². The molecule has 0 unspecified atom stereocenters. The lowest BCUT2D eigenvalue weighted by atomic mass is 10.2. The molecule has 4 aromatic rings. The summed E-state index contributed by atoms with van der Waals surface area (Å²) < 4.78 is 2.73. The second-order valence-electron chi connectivity index (χ2n) is 8.22. The normalized spacial score (nSPS) is 13.3. The molecule has 0 saturated heterocycles. The van der Waals surface area contributed by atoms with Crippen LogP contribution in [0.2, 0.25) is 0 Å². The maximum atomic E-state index is 13.3. The van der Waals surface area contributed by atoms with E-state index in [0.29, 0.717) is 21.7 Å². The summed E-state index contributed by atoms with van der Waals surface area (Å²) in [5, 5.41) is 0.766.